The van der Waals surface area contributed by atoms with Gasteiger partial charge in [0, 0.05) is 5.69 Å². The number of benzene rings is 2. The van der Waals surface area contributed by atoms with Gasteiger partial charge in [-0.3, -0.25) is 5.32 Å². The summed E-state index contributed by atoms with van der Waals surface area (Å²) in [5.41, 5.74) is 2.94. The topological polar surface area (TPSA) is 38.3 Å². The molecule has 0 radical (unpaired) electrons. The highest BCUT2D eigenvalue weighted by atomic mass is 28.3. The fourth-order valence-electron chi connectivity index (χ4n) is 2.22. The van der Waals surface area contributed by atoms with E-state index in [1.165, 1.54) is 5.19 Å². The predicted molar refractivity (Wildman–Crippen MR) is 98.7 cm³/mol. The average molecular weight is 325 g/mol. The van der Waals surface area contributed by atoms with Crippen molar-refractivity contribution in [2.24, 2.45) is 0 Å². The van der Waals surface area contributed by atoms with Crippen molar-refractivity contribution in [3.8, 4) is 0 Å². The number of amides is 1. The third-order valence-electron chi connectivity index (χ3n) is 3.61. The van der Waals surface area contributed by atoms with Gasteiger partial charge < -0.3 is 4.74 Å². The Kier molecular flexibility index (Phi) is 5.76. The summed E-state index contributed by atoms with van der Waals surface area (Å²) in [5, 5.41) is 4.08. The predicted octanol–water partition coefficient (Wildman–Crippen LogP) is 4.33. The lowest BCUT2D eigenvalue weighted by molar-refractivity contribution is 0.142. The molecule has 0 spiro atoms. The molecule has 0 unspecified atom stereocenters. The first kappa shape index (κ1) is 17.0. The number of para-hydroxylation sites is 1. The van der Waals surface area contributed by atoms with Crippen LogP contribution in [-0.2, 0) is 4.74 Å². The molecule has 23 heavy (non-hydrogen) atoms. The van der Waals surface area contributed by atoms with Gasteiger partial charge in [-0.2, -0.15) is 0 Å². The van der Waals surface area contributed by atoms with Gasteiger partial charge in [0.2, 0.25) is 0 Å². The van der Waals surface area contributed by atoms with Crippen LogP contribution in [0.4, 0.5) is 10.5 Å². The molecule has 0 bridgehead atoms. The first-order chi connectivity index (χ1) is 11.0. The molecule has 2 rings (SSSR count). The molecule has 1 N–H and O–H groups in total. The Bertz CT molecular complexity index is 654. The molecule has 120 valence electrons. The summed E-state index contributed by atoms with van der Waals surface area (Å²) in [6.45, 7) is 6.42. The minimum atomic E-state index is -1.66. The van der Waals surface area contributed by atoms with Crippen LogP contribution in [-0.4, -0.2) is 20.3 Å². The largest absolute Gasteiger partial charge is 0.442 e. The Labute approximate surface area is 139 Å². The molecule has 2 aromatic carbocycles. The summed E-state index contributed by atoms with van der Waals surface area (Å²) in [7, 11) is -1.66. The number of hydrogen-bond acceptors (Lipinski definition) is 2. The quantitative estimate of drug-likeness (QED) is 0.831. The van der Waals surface area contributed by atoms with Gasteiger partial charge in [0.1, 0.15) is 14.2 Å². The molecule has 4 heteroatoms. The molecular weight excluding hydrogens is 302 g/mol. The third kappa shape index (κ3) is 5.42. The lowest BCUT2D eigenvalue weighted by atomic mass is 10.3. The van der Waals surface area contributed by atoms with Crippen LogP contribution in [0.3, 0.4) is 0 Å². The standard InChI is InChI=1S/C19H23NO2Si/c1-16(22-19(21)20-17-10-6-4-7-11-17)14-15-23(2,3)18-12-8-5-9-13-18/h4-16H,1-3H3,(H,20,21)/b15-14-/t16-/m0/s1. The van der Waals surface area contributed by atoms with Crippen molar-refractivity contribution in [2.45, 2.75) is 26.1 Å². The fourth-order valence-corrected chi connectivity index (χ4v) is 4.21. The van der Waals surface area contributed by atoms with Crippen LogP contribution in [0, 0.1) is 0 Å². The second kappa shape index (κ2) is 7.79. The zero-order valence-electron chi connectivity index (χ0n) is 13.8. The van der Waals surface area contributed by atoms with Gasteiger partial charge in [-0.05, 0) is 19.1 Å². The Balaban J connectivity index is 1.91. The molecule has 3 nitrogen and oxygen atoms in total. The van der Waals surface area contributed by atoms with Gasteiger partial charge in [-0.1, -0.05) is 78.6 Å². The summed E-state index contributed by atoms with van der Waals surface area (Å²) in [5.74, 6) is 0. The Hall–Kier alpha value is -2.33. The monoisotopic (exact) mass is 325 g/mol. The van der Waals surface area contributed by atoms with Crippen LogP contribution in [0.15, 0.2) is 72.4 Å². The highest BCUT2D eigenvalue weighted by Gasteiger charge is 2.19. The van der Waals surface area contributed by atoms with Crippen LogP contribution < -0.4 is 10.5 Å². The summed E-state index contributed by atoms with van der Waals surface area (Å²) < 4.78 is 5.37. The molecule has 1 amide bonds. The van der Waals surface area contributed by atoms with Gasteiger partial charge >= 0.3 is 6.09 Å². The van der Waals surface area contributed by atoms with E-state index in [-0.39, 0.29) is 6.10 Å². The van der Waals surface area contributed by atoms with Crippen molar-refractivity contribution in [1.82, 2.24) is 0 Å². The average Bonchev–Trinajstić information content (AvgIpc) is 2.55. The van der Waals surface area contributed by atoms with Gasteiger partial charge in [0.25, 0.3) is 0 Å². The number of carbonyl (C=O) groups is 1. The van der Waals surface area contributed by atoms with Gasteiger partial charge in [0.05, 0.1) is 0 Å². The van der Waals surface area contributed by atoms with E-state index in [0.29, 0.717) is 0 Å². The van der Waals surface area contributed by atoms with E-state index in [2.05, 4.69) is 48.4 Å². The summed E-state index contributed by atoms with van der Waals surface area (Å²) in [6.07, 6.45) is 1.27. The van der Waals surface area contributed by atoms with E-state index in [1.54, 1.807) is 0 Å². The highest BCUT2D eigenvalue weighted by Crippen LogP contribution is 2.09. The van der Waals surface area contributed by atoms with E-state index < -0.39 is 14.2 Å². The van der Waals surface area contributed by atoms with E-state index >= 15 is 0 Å². The number of hydrogen-bond donors (Lipinski definition) is 1. The molecule has 2 aromatic rings. The second-order valence-electron chi connectivity index (χ2n) is 6.05. The van der Waals surface area contributed by atoms with Crippen LogP contribution in [0.5, 0.6) is 0 Å². The van der Waals surface area contributed by atoms with Crippen LogP contribution in [0.2, 0.25) is 13.1 Å². The highest BCUT2D eigenvalue weighted by molar-refractivity contribution is 6.93. The van der Waals surface area contributed by atoms with E-state index in [0.717, 1.165) is 5.69 Å². The van der Waals surface area contributed by atoms with E-state index in [4.69, 9.17) is 4.74 Å². The van der Waals surface area contributed by atoms with Crippen LogP contribution >= 0.6 is 0 Å². The van der Waals surface area contributed by atoms with Gasteiger partial charge in [-0.15, -0.1) is 0 Å². The van der Waals surface area contributed by atoms with Crippen LogP contribution in [0.1, 0.15) is 6.92 Å². The summed E-state index contributed by atoms with van der Waals surface area (Å²) >= 11 is 0. The third-order valence-corrected chi connectivity index (χ3v) is 6.46. The molecule has 0 saturated carbocycles. The minimum Gasteiger partial charge on any atom is -0.442 e. The minimum absolute atomic E-state index is 0.269. The van der Waals surface area contributed by atoms with E-state index in [1.807, 2.05) is 49.4 Å². The second-order valence-corrected chi connectivity index (χ2v) is 10.4. The molecule has 0 aliphatic carbocycles. The zero-order valence-corrected chi connectivity index (χ0v) is 14.8. The van der Waals surface area contributed by atoms with Crippen molar-refractivity contribution in [3.63, 3.8) is 0 Å². The maximum Gasteiger partial charge on any atom is 0.412 e. The van der Waals surface area contributed by atoms with Crippen LogP contribution in [0.25, 0.3) is 0 Å². The Morgan fingerprint density at radius 2 is 1.61 bits per heavy atom. The van der Waals surface area contributed by atoms with Crippen molar-refractivity contribution in [1.29, 1.82) is 0 Å². The first-order valence-electron chi connectivity index (χ1n) is 7.75. The molecule has 1 atom stereocenters. The van der Waals surface area contributed by atoms with Crippen molar-refractivity contribution in [2.75, 3.05) is 5.32 Å². The number of ether oxygens (including phenoxy) is 1. The maximum absolute atomic E-state index is 11.9. The fraction of sp³-hybridized carbons (Fsp3) is 0.211. The Morgan fingerprint density at radius 1 is 1.04 bits per heavy atom. The smallest absolute Gasteiger partial charge is 0.412 e. The maximum atomic E-state index is 11.9. The molecule has 0 fully saturated rings. The first-order valence-corrected chi connectivity index (χ1v) is 10.8. The molecule has 0 aliphatic heterocycles. The van der Waals surface area contributed by atoms with Crippen molar-refractivity contribution < 1.29 is 9.53 Å². The zero-order chi connectivity index (χ0) is 16.7. The Morgan fingerprint density at radius 3 is 2.22 bits per heavy atom. The molecule has 0 aliphatic rings. The number of nitrogens with one attached hydrogen (secondary N) is 1. The normalized spacial score (nSPS) is 12.8. The molecular formula is C19H23NO2Si. The lowest BCUT2D eigenvalue weighted by Gasteiger charge is -2.19. The SMILES string of the molecule is C[C@@H](/C=C\[Si](C)(C)c1ccccc1)OC(=O)Nc1ccccc1. The summed E-state index contributed by atoms with van der Waals surface area (Å²) in [6, 6.07) is 19.8. The molecule has 0 heterocycles. The summed E-state index contributed by atoms with van der Waals surface area (Å²) in [4.78, 5) is 11.9. The molecule has 0 aromatic heterocycles. The van der Waals surface area contributed by atoms with Gasteiger partial charge in [0.15, 0.2) is 0 Å². The van der Waals surface area contributed by atoms with Crippen molar-refractivity contribution >= 4 is 25.0 Å². The van der Waals surface area contributed by atoms with E-state index in [9.17, 15) is 4.79 Å². The lowest BCUT2D eigenvalue weighted by Crippen LogP contribution is -2.39. The molecule has 0 saturated heterocycles. The number of rotatable bonds is 5. The number of carbonyl (C=O) groups excluding carboxylic acids is 1. The number of anilines is 1. The van der Waals surface area contributed by atoms with Crippen molar-refractivity contribution in [3.05, 3.63) is 72.4 Å². The van der Waals surface area contributed by atoms with Gasteiger partial charge in [-0.25, -0.2) is 4.79 Å².